The number of fused-ring (bicyclic) bond motifs is 4. The summed E-state index contributed by atoms with van der Waals surface area (Å²) in [5.41, 5.74) is 23.0. The zero-order valence-electron chi connectivity index (χ0n) is 33.1. The Morgan fingerprint density at radius 1 is 0.483 bits per heavy atom. The Kier molecular flexibility index (Phi) is 9.96. The molecule has 0 amide bonds. The van der Waals surface area contributed by atoms with Gasteiger partial charge in [-0.15, -0.1) is 0 Å². The van der Waals surface area contributed by atoms with Crippen LogP contribution in [0.15, 0.2) is 167 Å². The van der Waals surface area contributed by atoms with Gasteiger partial charge in [0.05, 0.1) is 10.8 Å². The van der Waals surface area contributed by atoms with Crippen molar-refractivity contribution in [3.05, 3.63) is 191 Å². The summed E-state index contributed by atoms with van der Waals surface area (Å²) >= 11 is 0. The first-order valence-electron chi connectivity index (χ1n) is 19.7. The van der Waals surface area contributed by atoms with Gasteiger partial charge in [0.25, 0.3) is 0 Å². The molecule has 0 radical (unpaired) electrons. The van der Waals surface area contributed by atoms with Crippen LogP contribution in [0.5, 0.6) is 0 Å². The maximum absolute atomic E-state index is 13.0. The molecule has 0 unspecified atom stereocenters. The summed E-state index contributed by atoms with van der Waals surface area (Å²) in [6.07, 6.45) is 0.773. The van der Waals surface area contributed by atoms with Crippen LogP contribution in [0.3, 0.4) is 0 Å². The second-order valence-corrected chi connectivity index (χ2v) is 15.1. The van der Waals surface area contributed by atoms with Gasteiger partial charge in [0.1, 0.15) is 0 Å². The number of carbonyl (C=O) groups is 2. The maximum Gasteiger partial charge on any atom is 0.175 e. The molecule has 10 aromatic rings. The molecule has 0 bridgehead atoms. The van der Waals surface area contributed by atoms with Gasteiger partial charge >= 0.3 is 0 Å². The summed E-state index contributed by atoms with van der Waals surface area (Å²) in [5, 5.41) is 13.4. The van der Waals surface area contributed by atoms with E-state index in [-0.39, 0.29) is 11.6 Å². The molecule has 8 aromatic carbocycles. The van der Waals surface area contributed by atoms with E-state index in [2.05, 4.69) is 22.4 Å². The van der Waals surface area contributed by atoms with Crippen molar-refractivity contribution in [1.82, 2.24) is 10.3 Å². The number of ketones is 2. The number of anilines is 2. The van der Waals surface area contributed by atoms with Crippen molar-refractivity contribution in [3.63, 3.8) is 0 Å². The van der Waals surface area contributed by atoms with E-state index in [1.54, 1.807) is 0 Å². The minimum absolute atomic E-state index is 0.112. The third kappa shape index (κ3) is 7.16. The molecule has 0 atom stereocenters. The van der Waals surface area contributed by atoms with Crippen molar-refractivity contribution < 1.29 is 18.6 Å². The maximum atomic E-state index is 13.0. The van der Waals surface area contributed by atoms with E-state index in [0.29, 0.717) is 35.6 Å². The summed E-state index contributed by atoms with van der Waals surface area (Å²) in [4.78, 5) is 25.9. The van der Waals surface area contributed by atoms with Crippen LogP contribution in [0.4, 0.5) is 11.6 Å². The molecule has 10 rings (SSSR count). The van der Waals surface area contributed by atoms with E-state index < -0.39 is 0 Å². The standard InChI is InChI=1S/2C26H20N2O2/c2*1-16-10-12-21(24-25(16)30-28-26(24)27)19-11-13-20-18(15-19)8-5-9-22(20)23(29)14-17-6-3-2-4-7-17/h2*2-13,15H,14H2,1H3,(H2,27,28). The number of nitrogens with two attached hydrogens (primary N) is 2. The Hall–Kier alpha value is -7.84. The van der Waals surface area contributed by atoms with Crippen LogP contribution in [0.2, 0.25) is 0 Å². The van der Waals surface area contributed by atoms with Crippen molar-refractivity contribution in [1.29, 1.82) is 0 Å². The lowest BCUT2D eigenvalue weighted by Crippen LogP contribution is -2.04. The van der Waals surface area contributed by atoms with Gasteiger partial charge in [-0.3, -0.25) is 9.59 Å². The highest BCUT2D eigenvalue weighted by atomic mass is 16.5. The van der Waals surface area contributed by atoms with Gasteiger partial charge in [-0.25, -0.2) is 0 Å². The molecule has 0 spiro atoms. The van der Waals surface area contributed by atoms with Gasteiger partial charge in [-0.2, -0.15) is 0 Å². The van der Waals surface area contributed by atoms with Gasteiger partial charge in [-0.1, -0.05) is 156 Å². The van der Waals surface area contributed by atoms with Gasteiger partial charge in [-0.05, 0) is 92.0 Å². The Balaban J connectivity index is 0.000000154. The van der Waals surface area contributed by atoms with E-state index in [9.17, 15) is 9.59 Å². The minimum Gasteiger partial charge on any atom is -0.380 e. The largest absolute Gasteiger partial charge is 0.380 e. The predicted molar refractivity (Wildman–Crippen MR) is 241 cm³/mol. The number of benzene rings is 8. The van der Waals surface area contributed by atoms with Crippen LogP contribution in [0, 0.1) is 13.8 Å². The Bertz CT molecular complexity index is 3020. The Morgan fingerprint density at radius 3 is 1.32 bits per heavy atom. The van der Waals surface area contributed by atoms with Crippen LogP contribution < -0.4 is 11.5 Å². The third-order valence-electron chi connectivity index (χ3n) is 11.1. The van der Waals surface area contributed by atoms with Crippen LogP contribution in [-0.4, -0.2) is 21.9 Å². The van der Waals surface area contributed by atoms with Gasteiger partial charge in [0.2, 0.25) is 0 Å². The average molecular weight is 785 g/mol. The second kappa shape index (κ2) is 15.8. The molecule has 8 heteroatoms. The number of hydrogen-bond acceptors (Lipinski definition) is 8. The SMILES string of the molecule is Cc1ccc(-c2ccc3c(C(=O)Cc4ccccc4)cccc3c2)c2c(N)noc12.Cc1ccc(-c2ccc3c(C(=O)Cc4ccccc4)cccc3c2)c2c(N)noc12. The number of carbonyl (C=O) groups excluding carboxylic acids is 2. The van der Waals surface area contributed by atoms with Gasteiger partial charge in [0.15, 0.2) is 34.4 Å². The highest BCUT2D eigenvalue weighted by Crippen LogP contribution is 2.38. The van der Waals surface area contributed by atoms with Gasteiger partial charge < -0.3 is 20.5 Å². The fourth-order valence-corrected chi connectivity index (χ4v) is 8.02. The number of hydrogen-bond donors (Lipinski definition) is 2. The zero-order valence-corrected chi connectivity index (χ0v) is 33.1. The van der Waals surface area contributed by atoms with Crippen LogP contribution in [-0.2, 0) is 12.8 Å². The first kappa shape index (κ1) is 37.7. The van der Waals surface area contributed by atoms with E-state index in [1.165, 1.54) is 0 Å². The minimum atomic E-state index is 0.112. The van der Waals surface area contributed by atoms with Crippen molar-refractivity contribution in [2.45, 2.75) is 26.7 Å². The predicted octanol–water partition coefficient (Wildman–Crippen LogP) is 11.9. The fraction of sp³-hybridized carbons (Fsp3) is 0.0769. The van der Waals surface area contributed by atoms with E-state index in [4.69, 9.17) is 20.5 Å². The molecular formula is C52H40N4O4. The Morgan fingerprint density at radius 2 is 0.900 bits per heavy atom. The Labute approximate surface area is 346 Å². The quantitative estimate of drug-likeness (QED) is 0.145. The average Bonchev–Trinajstić information content (AvgIpc) is 3.87. The summed E-state index contributed by atoms with van der Waals surface area (Å²) < 4.78 is 10.8. The van der Waals surface area contributed by atoms with E-state index in [0.717, 1.165) is 88.0 Å². The molecule has 0 saturated heterocycles. The molecule has 0 fully saturated rings. The van der Waals surface area contributed by atoms with Crippen LogP contribution >= 0.6 is 0 Å². The van der Waals surface area contributed by atoms with Gasteiger partial charge in [0, 0.05) is 24.0 Å². The highest BCUT2D eigenvalue weighted by Gasteiger charge is 2.18. The number of aromatic nitrogens is 2. The molecule has 0 aliphatic rings. The zero-order chi connectivity index (χ0) is 41.3. The number of Topliss-reactive ketones (excluding diaryl/α,β-unsaturated/α-hetero) is 2. The normalized spacial score (nSPS) is 11.2. The van der Waals surface area contributed by atoms with Crippen LogP contribution in [0.25, 0.3) is 65.7 Å². The molecule has 292 valence electrons. The number of nitrogen functional groups attached to an aromatic ring is 2. The third-order valence-corrected chi connectivity index (χ3v) is 11.1. The molecule has 60 heavy (non-hydrogen) atoms. The molecule has 0 aliphatic carbocycles. The monoisotopic (exact) mass is 784 g/mol. The topological polar surface area (TPSA) is 138 Å². The van der Waals surface area contributed by atoms with Crippen molar-refractivity contribution in [2.75, 3.05) is 11.5 Å². The number of aryl methyl sites for hydroxylation is 2. The second-order valence-electron chi connectivity index (χ2n) is 15.1. The smallest absolute Gasteiger partial charge is 0.175 e. The lowest BCUT2D eigenvalue weighted by Gasteiger charge is -2.10. The first-order chi connectivity index (χ1) is 29.2. The van der Waals surface area contributed by atoms with Crippen LogP contribution in [0.1, 0.15) is 43.0 Å². The molecule has 2 aromatic heterocycles. The van der Waals surface area contributed by atoms with Crippen molar-refractivity contribution in [3.8, 4) is 22.3 Å². The molecule has 8 nitrogen and oxygen atoms in total. The fourth-order valence-electron chi connectivity index (χ4n) is 8.02. The van der Waals surface area contributed by atoms with E-state index >= 15 is 0 Å². The summed E-state index contributed by atoms with van der Waals surface area (Å²) in [5.74, 6) is 0.993. The summed E-state index contributed by atoms with van der Waals surface area (Å²) in [7, 11) is 0. The summed E-state index contributed by atoms with van der Waals surface area (Å²) in [6.45, 7) is 3.95. The van der Waals surface area contributed by atoms with E-state index in [1.807, 2.05) is 159 Å². The molecule has 0 saturated carbocycles. The van der Waals surface area contributed by atoms with Crippen molar-refractivity contribution in [2.24, 2.45) is 0 Å². The molecular weight excluding hydrogens is 745 g/mol. The lowest BCUT2D eigenvalue weighted by atomic mass is 9.93. The first-order valence-corrected chi connectivity index (χ1v) is 19.7. The molecule has 4 N–H and O–H groups in total. The molecule has 0 aliphatic heterocycles. The lowest BCUT2D eigenvalue weighted by molar-refractivity contribution is 0.0986. The molecule has 2 heterocycles. The summed E-state index contributed by atoms with van der Waals surface area (Å²) in [6, 6.07) is 51.7. The van der Waals surface area contributed by atoms with Crippen molar-refractivity contribution >= 4 is 66.7 Å². The highest BCUT2D eigenvalue weighted by molar-refractivity contribution is 6.12. The number of nitrogens with zero attached hydrogens (tertiary/aromatic N) is 2. The number of rotatable bonds is 8.